The molecule has 3 nitrogen and oxygen atoms in total. The lowest BCUT2D eigenvalue weighted by molar-refractivity contribution is 0.0697. The Morgan fingerprint density at radius 2 is 2.29 bits per heavy atom. The lowest BCUT2D eigenvalue weighted by Gasteiger charge is -2.11. The Morgan fingerprint density at radius 3 is 2.79 bits per heavy atom. The van der Waals surface area contributed by atoms with Gasteiger partial charge in [-0.2, -0.15) is 0 Å². The first-order valence-corrected chi connectivity index (χ1v) is 4.72. The molecule has 3 N–H and O–H groups in total. The Labute approximate surface area is 87.5 Å². The Kier molecular flexibility index (Phi) is 3.49. The number of benzene rings is 1. The molecule has 14 heavy (non-hydrogen) atoms. The van der Waals surface area contributed by atoms with Crippen LogP contribution < -0.4 is 5.73 Å². The standard InChI is InChI=1S/C10H12ClNO2/c1-2-9(12)7-5-6(10(13)14)3-4-8(7)11/h3-5,9H,2,12H2,1H3,(H,13,14)/t9-/m1/s1. The van der Waals surface area contributed by atoms with Crippen molar-refractivity contribution >= 4 is 17.6 Å². The summed E-state index contributed by atoms with van der Waals surface area (Å²) in [5, 5.41) is 9.29. The third kappa shape index (κ3) is 2.25. The number of aromatic carboxylic acids is 1. The second-order valence-corrected chi connectivity index (χ2v) is 3.46. The molecule has 0 aliphatic carbocycles. The summed E-state index contributed by atoms with van der Waals surface area (Å²) in [6.45, 7) is 1.93. The maximum absolute atomic E-state index is 10.7. The Balaban J connectivity index is 3.14. The van der Waals surface area contributed by atoms with Crippen molar-refractivity contribution in [3.8, 4) is 0 Å². The molecule has 0 spiro atoms. The molecule has 76 valence electrons. The number of rotatable bonds is 3. The molecule has 1 rings (SSSR count). The maximum Gasteiger partial charge on any atom is 0.335 e. The van der Waals surface area contributed by atoms with Gasteiger partial charge in [0, 0.05) is 11.1 Å². The van der Waals surface area contributed by atoms with Crippen LogP contribution in [0.1, 0.15) is 35.3 Å². The van der Waals surface area contributed by atoms with Gasteiger partial charge in [-0.05, 0) is 30.2 Å². The number of carboxylic acid groups (broad SMARTS) is 1. The van der Waals surface area contributed by atoms with Crippen LogP contribution in [0.4, 0.5) is 0 Å². The Bertz CT molecular complexity index is 352. The summed E-state index contributed by atoms with van der Waals surface area (Å²) in [6.07, 6.45) is 0.725. The second kappa shape index (κ2) is 4.44. The summed E-state index contributed by atoms with van der Waals surface area (Å²) in [5.74, 6) is -0.966. The average molecular weight is 214 g/mol. The summed E-state index contributed by atoms with van der Waals surface area (Å²) in [6, 6.07) is 4.35. The van der Waals surface area contributed by atoms with E-state index in [2.05, 4.69) is 0 Å². The summed E-state index contributed by atoms with van der Waals surface area (Å²) < 4.78 is 0. The van der Waals surface area contributed by atoms with Crippen LogP contribution in [0, 0.1) is 0 Å². The van der Waals surface area contributed by atoms with Crippen molar-refractivity contribution in [2.45, 2.75) is 19.4 Å². The number of carboxylic acids is 1. The number of hydrogen-bond donors (Lipinski definition) is 2. The van der Waals surface area contributed by atoms with Crippen molar-refractivity contribution in [3.05, 3.63) is 34.3 Å². The van der Waals surface area contributed by atoms with Gasteiger partial charge in [-0.15, -0.1) is 0 Å². The fourth-order valence-corrected chi connectivity index (χ4v) is 1.44. The first kappa shape index (κ1) is 11.0. The molecule has 0 aromatic heterocycles. The summed E-state index contributed by atoms with van der Waals surface area (Å²) in [7, 11) is 0. The number of nitrogens with two attached hydrogens (primary N) is 1. The van der Waals surface area contributed by atoms with E-state index in [9.17, 15) is 4.79 Å². The molecule has 0 aliphatic heterocycles. The van der Waals surface area contributed by atoms with E-state index in [-0.39, 0.29) is 11.6 Å². The van der Waals surface area contributed by atoms with E-state index < -0.39 is 5.97 Å². The van der Waals surface area contributed by atoms with Crippen LogP contribution in [-0.2, 0) is 0 Å². The van der Waals surface area contributed by atoms with Crippen molar-refractivity contribution in [1.82, 2.24) is 0 Å². The predicted molar refractivity (Wildman–Crippen MR) is 55.6 cm³/mol. The monoisotopic (exact) mass is 213 g/mol. The van der Waals surface area contributed by atoms with Crippen molar-refractivity contribution in [2.24, 2.45) is 5.73 Å². The first-order chi connectivity index (χ1) is 6.56. The molecule has 0 aliphatic rings. The lowest BCUT2D eigenvalue weighted by atomic mass is 10.0. The maximum atomic E-state index is 10.7. The van der Waals surface area contributed by atoms with Gasteiger partial charge in [0.2, 0.25) is 0 Å². The number of halogens is 1. The highest BCUT2D eigenvalue weighted by atomic mass is 35.5. The van der Waals surface area contributed by atoms with Gasteiger partial charge in [0.15, 0.2) is 0 Å². The van der Waals surface area contributed by atoms with Gasteiger partial charge >= 0.3 is 5.97 Å². The zero-order chi connectivity index (χ0) is 10.7. The molecule has 0 bridgehead atoms. The molecule has 0 unspecified atom stereocenters. The van der Waals surface area contributed by atoms with Crippen LogP contribution in [0.25, 0.3) is 0 Å². The van der Waals surface area contributed by atoms with Gasteiger partial charge in [-0.3, -0.25) is 0 Å². The van der Waals surface area contributed by atoms with Gasteiger partial charge < -0.3 is 10.8 Å². The van der Waals surface area contributed by atoms with Crippen LogP contribution in [0.15, 0.2) is 18.2 Å². The van der Waals surface area contributed by atoms with Gasteiger partial charge in [0.05, 0.1) is 5.56 Å². The van der Waals surface area contributed by atoms with Crippen LogP contribution in [0.5, 0.6) is 0 Å². The van der Waals surface area contributed by atoms with Crippen LogP contribution in [0.3, 0.4) is 0 Å². The normalized spacial score (nSPS) is 12.5. The summed E-state index contributed by atoms with van der Waals surface area (Å²) >= 11 is 5.90. The fraction of sp³-hybridized carbons (Fsp3) is 0.300. The highest BCUT2D eigenvalue weighted by Crippen LogP contribution is 2.24. The lowest BCUT2D eigenvalue weighted by Crippen LogP contribution is -2.10. The Morgan fingerprint density at radius 1 is 1.64 bits per heavy atom. The SMILES string of the molecule is CC[C@@H](N)c1cc(C(=O)O)ccc1Cl. The largest absolute Gasteiger partial charge is 0.478 e. The second-order valence-electron chi connectivity index (χ2n) is 3.06. The van der Waals surface area contributed by atoms with Crippen LogP contribution in [-0.4, -0.2) is 11.1 Å². The highest BCUT2D eigenvalue weighted by Gasteiger charge is 2.11. The summed E-state index contributed by atoms with van der Waals surface area (Å²) in [4.78, 5) is 10.7. The van der Waals surface area contributed by atoms with Crippen molar-refractivity contribution < 1.29 is 9.90 Å². The van der Waals surface area contributed by atoms with E-state index >= 15 is 0 Å². The molecule has 1 aromatic carbocycles. The minimum Gasteiger partial charge on any atom is -0.478 e. The van der Waals surface area contributed by atoms with Gasteiger partial charge in [-0.1, -0.05) is 18.5 Å². The zero-order valence-corrected chi connectivity index (χ0v) is 8.58. The summed E-state index contributed by atoms with van der Waals surface area (Å²) in [5.41, 5.74) is 6.69. The molecule has 1 aromatic rings. The van der Waals surface area contributed by atoms with E-state index in [0.717, 1.165) is 6.42 Å². The van der Waals surface area contributed by atoms with E-state index in [4.69, 9.17) is 22.4 Å². The molecular formula is C10H12ClNO2. The van der Waals surface area contributed by atoms with E-state index in [1.165, 1.54) is 12.1 Å². The molecule has 0 radical (unpaired) electrons. The molecule has 0 saturated carbocycles. The Hall–Kier alpha value is -1.06. The molecule has 0 amide bonds. The van der Waals surface area contributed by atoms with E-state index in [1.54, 1.807) is 6.07 Å². The third-order valence-electron chi connectivity index (χ3n) is 2.08. The smallest absolute Gasteiger partial charge is 0.335 e. The molecule has 1 atom stereocenters. The highest BCUT2D eigenvalue weighted by molar-refractivity contribution is 6.31. The minimum atomic E-state index is -0.966. The molecule has 4 heteroatoms. The van der Waals surface area contributed by atoms with Gasteiger partial charge in [0.1, 0.15) is 0 Å². The van der Waals surface area contributed by atoms with Crippen LogP contribution >= 0.6 is 11.6 Å². The van der Waals surface area contributed by atoms with Crippen molar-refractivity contribution in [2.75, 3.05) is 0 Å². The average Bonchev–Trinajstić information content (AvgIpc) is 2.17. The predicted octanol–water partition coefficient (Wildman–Crippen LogP) is 2.45. The van der Waals surface area contributed by atoms with Gasteiger partial charge in [-0.25, -0.2) is 4.79 Å². The van der Waals surface area contributed by atoms with Crippen molar-refractivity contribution in [3.63, 3.8) is 0 Å². The molecule has 0 fully saturated rings. The van der Waals surface area contributed by atoms with E-state index in [1.807, 2.05) is 6.92 Å². The first-order valence-electron chi connectivity index (χ1n) is 4.34. The van der Waals surface area contributed by atoms with Crippen molar-refractivity contribution in [1.29, 1.82) is 0 Å². The molecule has 0 saturated heterocycles. The molecule has 0 heterocycles. The number of carbonyl (C=O) groups is 1. The fourth-order valence-electron chi connectivity index (χ4n) is 1.18. The van der Waals surface area contributed by atoms with Crippen LogP contribution in [0.2, 0.25) is 5.02 Å². The van der Waals surface area contributed by atoms with Gasteiger partial charge in [0.25, 0.3) is 0 Å². The van der Waals surface area contributed by atoms with E-state index in [0.29, 0.717) is 10.6 Å². The minimum absolute atomic E-state index is 0.207. The quantitative estimate of drug-likeness (QED) is 0.811. The zero-order valence-electron chi connectivity index (χ0n) is 7.83. The molecular weight excluding hydrogens is 202 g/mol. The number of hydrogen-bond acceptors (Lipinski definition) is 2. The third-order valence-corrected chi connectivity index (χ3v) is 2.43. The topological polar surface area (TPSA) is 63.3 Å².